The zero-order valence-corrected chi connectivity index (χ0v) is 14.9. The molecule has 0 aliphatic carbocycles. The summed E-state index contributed by atoms with van der Waals surface area (Å²) in [5.74, 6) is -0.701. The van der Waals surface area contributed by atoms with Gasteiger partial charge in [0, 0.05) is 37.8 Å². The van der Waals surface area contributed by atoms with Crippen LogP contribution in [0.4, 0.5) is 15.8 Å². The molecule has 0 bridgehead atoms. The lowest BCUT2D eigenvalue weighted by Gasteiger charge is -2.36. The summed E-state index contributed by atoms with van der Waals surface area (Å²) in [5, 5.41) is 11.1. The summed E-state index contributed by atoms with van der Waals surface area (Å²) >= 11 is 0. The molecule has 0 N–H and O–H groups in total. The number of nitro groups is 1. The predicted octanol–water partition coefficient (Wildman–Crippen LogP) is 2.27. The van der Waals surface area contributed by atoms with Crippen LogP contribution in [0.2, 0.25) is 0 Å². The van der Waals surface area contributed by atoms with E-state index >= 15 is 0 Å². The molecule has 1 aliphatic heterocycles. The van der Waals surface area contributed by atoms with E-state index < -0.39 is 4.92 Å². The minimum atomic E-state index is -0.667. The first-order valence-corrected chi connectivity index (χ1v) is 8.63. The van der Waals surface area contributed by atoms with Crippen molar-refractivity contribution in [2.24, 2.45) is 0 Å². The highest BCUT2D eigenvalue weighted by Crippen LogP contribution is 2.27. The van der Waals surface area contributed by atoms with Gasteiger partial charge in [-0.15, -0.1) is 0 Å². The van der Waals surface area contributed by atoms with Crippen LogP contribution in [0.3, 0.4) is 0 Å². The molecule has 1 amide bonds. The number of halogens is 1. The van der Waals surface area contributed by atoms with E-state index in [0.717, 1.165) is 6.07 Å². The van der Waals surface area contributed by atoms with E-state index in [4.69, 9.17) is 4.74 Å². The van der Waals surface area contributed by atoms with Crippen LogP contribution in [-0.4, -0.2) is 54.8 Å². The number of nitro benzene ring substituents is 1. The van der Waals surface area contributed by atoms with Crippen LogP contribution in [0, 0.1) is 15.9 Å². The molecule has 28 heavy (non-hydrogen) atoms. The molecule has 2 aromatic carbocycles. The minimum Gasteiger partial charge on any atom is -0.477 e. The van der Waals surface area contributed by atoms with E-state index in [1.54, 1.807) is 23.1 Å². The summed E-state index contributed by atoms with van der Waals surface area (Å²) in [7, 11) is 0. The first-order valence-electron chi connectivity index (χ1n) is 8.63. The normalized spacial score (nSPS) is 13.9. The minimum absolute atomic E-state index is 0.0751. The number of carbonyl (C=O) groups is 2. The molecule has 9 heteroatoms. The van der Waals surface area contributed by atoms with Gasteiger partial charge >= 0.3 is 5.69 Å². The molecule has 1 heterocycles. The first kappa shape index (κ1) is 19.3. The van der Waals surface area contributed by atoms with Gasteiger partial charge in [0.05, 0.1) is 10.6 Å². The molecule has 0 spiro atoms. The third kappa shape index (κ3) is 4.25. The van der Waals surface area contributed by atoms with Gasteiger partial charge in [-0.2, -0.15) is 0 Å². The third-order valence-corrected chi connectivity index (χ3v) is 4.49. The molecule has 8 nitrogen and oxygen atoms in total. The van der Waals surface area contributed by atoms with Gasteiger partial charge < -0.3 is 14.5 Å². The number of hydrogen-bond acceptors (Lipinski definition) is 6. The lowest BCUT2D eigenvalue weighted by Crippen LogP contribution is -2.50. The average molecular weight is 387 g/mol. The maximum absolute atomic E-state index is 13.9. The van der Waals surface area contributed by atoms with Crippen molar-refractivity contribution < 1.29 is 23.6 Å². The fraction of sp³-hybridized carbons (Fsp3) is 0.263. The smallest absolute Gasteiger partial charge is 0.311 e. The fourth-order valence-corrected chi connectivity index (χ4v) is 3.01. The Morgan fingerprint density at radius 3 is 2.54 bits per heavy atom. The highest BCUT2D eigenvalue weighted by Gasteiger charge is 2.24. The Hall–Kier alpha value is -3.49. The summed E-state index contributed by atoms with van der Waals surface area (Å²) in [6.07, 6.45) is 0.497. The molecule has 1 fully saturated rings. The quantitative estimate of drug-likeness (QED) is 0.429. The average Bonchev–Trinajstić information content (AvgIpc) is 2.72. The molecule has 0 saturated carbocycles. The van der Waals surface area contributed by atoms with Crippen molar-refractivity contribution in [2.75, 3.05) is 37.7 Å². The second kappa shape index (κ2) is 8.47. The van der Waals surface area contributed by atoms with Gasteiger partial charge in [-0.3, -0.25) is 19.7 Å². The highest BCUT2D eigenvalue weighted by atomic mass is 19.1. The van der Waals surface area contributed by atoms with Crippen molar-refractivity contribution in [1.82, 2.24) is 4.90 Å². The Balaban J connectivity index is 1.58. The zero-order chi connectivity index (χ0) is 20.1. The van der Waals surface area contributed by atoms with Crippen LogP contribution < -0.4 is 9.64 Å². The highest BCUT2D eigenvalue weighted by molar-refractivity contribution is 5.79. The van der Waals surface area contributed by atoms with Gasteiger partial charge in [0.15, 0.2) is 12.4 Å². The number of aldehydes is 1. The van der Waals surface area contributed by atoms with Crippen LogP contribution in [0.15, 0.2) is 42.5 Å². The number of anilines is 1. The molecule has 0 radical (unpaired) electrons. The zero-order valence-electron chi connectivity index (χ0n) is 14.9. The molecule has 1 saturated heterocycles. The Bertz CT molecular complexity index is 897. The van der Waals surface area contributed by atoms with Crippen LogP contribution in [0.25, 0.3) is 0 Å². The Morgan fingerprint density at radius 1 is 1.18 bits per heavy atom. The van der Waals surface area contributed by atoms with Gasteiger partial charge in [0.1, 0.15) is 12.1 Å². The van der Waals surface area contributed by atoms with Crippen molar-refractivity contribution in [1.29, 1.82) is 0 Å². The van der Waals surface area contributed by atoms with E-state index in [2.05, 4.69) is 0 Å². The molecular weight excluding hydrogens is 369 g/mol. The largest absolute Gasteiger partial charge is 0.477 e. The number of nitrogens with zero attached hydrogens (tertiary/aromatic N) is 3. The van der Waals surface area contributed by atoms with E-state index in [1.807, 2.05) is 4.90 Å². The van der Waals surface area contributed by atoms with Crippen LogP contribution in [0.5, 0.6) is 5.75 Å². The van der Waals surface area contributed by atoms with Crippen LogP contribution in [-0.2, 0) is 4.79 Å². The van der Waals surface area contributed by atoms with Gasteiger partial charge in [-0.25, -0.2) is 4.39 Å². The summed E-state index contributed by atoms with van der Waals surface area (Å²) in [6.45, 7) is 1.37. The topological polar surface area (TPSA) is 93.0 Å². The molecule has 1 aliphatic rings. The van der Waals surface area contributed by atoms with E-state index in [0.29, 0.717) is 38.2 Å². The van der Waals surface area contributed by atoms with Crippen LogP contribution in [0.1, 0.15) is 10.4 Å². The number of hydrogen-bond donors (Lipinski definition) is 0. The molecule has 146 valence electrons. The number of benzene rings is 2. The SMILES string of the molecule is O=Cc1ccc(OCC(=O)N2CCN(c3ccccc3F)CC2)c([N+](=O)[O-])c1. The maximum Gasteiger partial charge on any atom is 0.311 e. The monoisotopic (exact) mass is 387 g/mol. The van der Waals surface area contributed by atoms with Gasteiger partial charge in [-0.1, -0.05) is 12.1 Å². The summed E-state index contributed by atoms with van der Waals surface area (Å²) in [5.41, 5.74) is 0.271. The predicted molar refractivity (Wildman–Crippen MR) is 99.2 cm³/mol. The summed E-state index contributed by atoms with van der Waals surface area (Å²) in [4.78, 5) is 37.0. The summed E-state index contributed by atoms with van der Waals surface area (Å²) < 4.78 is 19.2. The van der Waals surface area contributed by atoms with E-state index in [1.165, 1.54) is 18.2 Å². The molecule has 0 atom stereocenters. The van der Waals surface area contributed by atoms with E-state index in [-0.39, 0.29) is 35.3 Å². The molecule has 0 aromatic heterocycles. The molecule has 3 rings (SSSR count). The Morgan fingerprint density at radius 2 is 1.89 bits per heavy atom. The Kier molecular flexibility index (Phi) is 5.83. The van der Waals surface area contributed by atoms with Crippen molar-refractivity contribution in [3.63, 3.8) is 0 Å². The maximum atomic E-state index is 13.9. The summed E-state index contributed by atoms with van der Waals surface area (Å²) in [6, 6.07) is 10.2. The molecule has 0 unspecified atom stereocenters. The third-order valence-electron chi connectivity index (χ3n) is 4.49. The Labute approximate surface area is 160 Å². The second-order valence-electron chi connectivity index (χ2n) is 6.21. The number of ether oxygens (including phenoxy) is 1. The lowest BCUT2D eigenvalue weighted by atomic mass is 10.2. The van der Waals surface area contributed by atoms with Crippen molar-refractivity contribution in [2.45, 2.75) is 0 Å². The number of rotatable bonds is 6. The lowest BCUT2D eigenvalue weighted by molar-refractivity contribution is -0.385. The first-order chi connectivity index (χ1) is 13.5. The van der Waals surface area contributed by atoms with Crippen molar-refractivity contribution in [3.05, 3.63) is 64.0 Å². The van der Waals surface area contributed by atoms with Gasteiger partial charge in [0.2, 0.25) is 0 Å². The van der Waals surface area contributed by atoms with E-state index in [9.17, 15) is 24.1 Å². The van der Waals surface area contributed by atoms with Crippen molar-refractivity contribution >= 4 is 23.6 Å². The number of amides is 1. The van der Waals surface area contributed by atoms with Crippen LogP contribution >= 0.6 is 0 Å². The molecular formula is C19H18FN3O5. The standard InChI is InChI=1S/C19H18FN3O5/c20-15-3-1-2-4-16(15)21-7-9-22(10-8-21)19(25)13-28-18-6-5-14(12-24)11-17(18)23(26)27/h1-6,11-12H,7-10,13H2. The number of carbonyl (C=O) groups excluding carboxylic acids is 2. The fourth-order valence-electron chi connectivity index (χ4n) is 3.01. The second-order valence-corrected chi connectivity index (χ2v) is 6.21. The number of piperazine rings is 1. The van der Waals surface area contributed by atoms with Gasteiger partial charge in [0.25, 0.3) is 5.91 Å². The molecule has 2 aromatic rings. The van der Waals surface area contributed by atoms with Crippen molar-refractivity contribution in [3.8, 4) is 5.75 Å². The van der Waals surface area contributed by atoms with Gasteiger partial charge in [-0.05, 0) is 24.3 Å². The number of para-hydroxylation sites is 1.